The number of amides is 2. The molecule has 6 heteroatoms. The van der Waals surface area contributed by atoms with E-state index in [2.05, 4.69) is 10.6 Å². The van der Waals surface area contributed by atoms with Crippen LogP contribution in [0.3, 0.4) is 0 Å². The standard InChI is InChI=1S/C13H23N3O2.ClH/c1-8(2)11-12(17)15-4-5-16(11)13(18)9(3)10-6-14-7-10;/h8-11,14H,4-7H2,1-3H3,(H,15,17);1H. The van der Waals surface area contributed by atoms with Gasteiger partial charge in [0.25, 0.3) is 0 Å². The predicted molar refractivity (Wildman–Crippen MR) is 76.1 cm³/mol. The van der Waals surface area contributed by atoms with Crippen LogP contribution in [0.4, 0.5) is 0 Å². The first kappa shape index (κ1) is 16.2. The van der Waals surface area contributed by atoms with E-state index in [1.54, 1.807) is 4.90 Å². The van der Waals surface area contributed by atoms with Crippen LogP contribution in [0.15, 0.2) is 0 Å². The molecule has 2 heterocycles. The van der Waals surface area contributed by atoms with E-state index in [0.717, 1.165) is 13.1 Å². The molecular formula is C13H24ClN3O2. The van der Waals surface area contributed by atoms with Crippen LogP contribution in [0.2, 0.25) is 0 Å². The van der Waals surface area contributed by atoms with Gasteiger partial charge in [-0.05, 0) is 24.9 Å². The third-order valence-corrected chi connectivity index (χ3v) is 4.08. The average Bonchev–Trinajstić information content (AvgIpc) is 2.24. The highest BCUT2D eigenvalue weighted by molar-refractivity contribution is 5.89. The molecule has 2 atom stereocenters. The van der Waals surface area contributed by atoms with Crippen molar-refractivity contribution in [1.29, 1.82) is 0 Å². The van der Waals surface area contributed by atoms with Gasteiger partial charge in [0.15, 0.2) is 0 Å². The van der Waals surface area contributed by atoms with Gasteiger partial charge in [0.1, 0.15) is 6.04 Å². The Morgan fingerprint density at radius 2 is 1.95 bits per heavy atom. The van der Waals surface area contributed by atoms with Crippen molar-refractivity contribution in [2.24, 2.45) is 17.8 Å². The van der Waals surface area contributed by atoms with Crippen molar-refractivity contribution >= 4 is 24.2 Å². The van der Waals surface area contributed by atoms with E-state index in [4.69, 9.17) is 0 Å². The fourth-order valence-corrected chi connectivity index (χ4v) is 2.72. The van der Waals surface area contributed by atoms with Crippen molar-refractivity contribution < 1.29 is 9.59 Å². The maximum absolute atomic E-state index is 12.5. The number of rotatable bonds is 3. The minimum atomic E-state index is -0.304. The molecule has 0 spiro atoms. The molecule has 5 nitrogen and oxygen atoms in total. The molecule has 2 N–H and O–H groups in total. The first-order valence-corrected chi connectivity index (χ1v) is 6.81. The van der Waals surface area contributed by atoms with E-state index in [0.29, 0.717) is 19.0 Å². The quantitative estimate of drug-likeness (QED) is 0.783. The molecular weight excluding hydrogens is 266 g/mol. The largest absolute Gasteiger partial charge is 0.353 e. The Kier molecular flexibility index (Phi) is 5.62. The number of nitrogens with zero attached hydrogens (tertiary/aromatic N) is 1. The normalized spacial score (nSPS) is 25.4. The number of hydrogen-bond donors (Lipinski definition) is 2. The van der Waals surface area contributed by atoms with Gasteiger partial charge >= 0.3 is 0 Å². The van der Waals surface area contributed by atoms with E-state index in [9.17, 15) is 9.59 Å². The van der Waals surface area contributed by atoms with E-state index < -0.39 is 0 Å². The van der Waals surface area contributed by atoms with Crippen LogP contribution in [0, 0.1) is 17.8 Å². The summed E-state index contributed by atoms with van der Waals surface area (Å²) in [5.74, 6) is 0.716. The van der Waals surface area contributed by atoms with Crippen molar-refractivity contribution in [1.82, 2.24) is 15.5 Å². The number of carbonyl (C=O) groups is 2. The van der Waals surface area contributed by atoms with Gasteiger partial charge in [0.2, 0.25) is 11.8 Å². The topological polar surface area (TPSA) is 61.4 Å². The third-order valence-electron chi connectivity index (χ3n) is 4.08. The Hall–Kier alpha value is -0.810. The van der Waals surface area contributed by atoms with Gasteiger partial charge in [-0.2, -0.15) is 0 Å². The molecule has 0 aromatic heterocycles. The zero-order chi connectivity index (χ0) is 13.3. The SMILES string of the molecule is CC(C)C1C(=O)NCCN1C(=O)C(C)C1CNC1.Cl. The minimum absolute atomic E-state index is 0. The maximum atomic E-state index is 12.5. The van der Waals surface area contributed by atoms with E-state index in [1.165, 1.54) is 0 Å². The van der Waals surface area contributed by atoms with Gasteiger partial charge in [0, 0.05) is 19.0 Å². The highest BCUT2D eigenvalue weighted by Gasteiger charge is 2.39. The lowest BCUT2D eigenvalue weighted by molar-refractivity contribution is -0.149. The van der Waals surface area contributed by atoms with Crippen molar-refractivity contribution in [2.45, 2.75) is 26.8 Å². The molecule has 0 aliphatic carbocycles. The van der Waals surface area contributed by atoms with Crippen LogP contribution >= 0.6 is 12.4 Å². The summed E-state index contributed by atoms with van der Waals surface area (Å²) in [5, 5.41) is 6.04. The van der Waals surface area contributed by atoms with Crippen molar-refractivity contribution in [2.75, 3.05) is 26.2 Å². The summed E-state index contributed by atoms with van der Waals surface area (Å²) in [5.41, 5.74) is 0. The van der Waals surface area contributed by atoms with Gasteiger partial charge in [-0.3, -0.25) is 9.59 Å². The van der Waals surface area contributed by atoms with Crippen LogP contribution in [-0.4, -0.2) is 48.9 Å². The first-order valence-electron chi connectivity index (χ1n) is 6.81. The molecule has 19 heavy (non-hydrogen) atoms. The molecule has 0 saturated carbocycles. The molecule has 2 aliphatic rings. The Balaban J connectivity index is 0.00000180. The summed E-state index contributed by atoms with van der Waals surface area (Å²) < 4.78 is 0. The predicted octanol–water partition coefficient (Wildman–Crippen LogP) is 0.247. The second-order valence-corrected chi connectivity index (χ2v) is 5.72. The summed E-state index contributed by atoms with van der Waals surface area (Å²) in [6, 6.07) is -0.304. The molecule has 2 rings (SSSR count). The number of carbonyl (C=O) groups excluding carboxylic acids is 2. The average molecular weight is 290 g/mol. The zero-order valence-corrected chi connectivity index (χ0v) is 12.6. The fraction of sp³-hybridized carbons (Fsp3) is 0.846. The minimum Gasteiger partial charge on any atom is -0.353 e. The van der Waals surface area contributed by atoms with Crippen LogP contribution < -0.4 is 10.6 Å². The lowest BCUT2D eigenvalue weighted by Gasteiger charge is -2.41. The van der Waals surface area contributed by atoms with Gasteiger partial charge < -0.3 is 15.5 Å². The molecule has 2 amide bonds. The lowest BCUT2D eigenvalue weighted by Crippen LogP contribution is -2.61. The van der Waals surface area contributed by atoms with Crippen molar-refractivity contribution in [3.8, 4) is 0 Å². The molecule has 0 bridgehead atoms. The second-order valence-electron chi connectivity index (χ2n) is 5.72. The molecule has 0 radical (unpaired) electrons. The summed E-state index contributed by atoms with van der Waals surface area (Å²) in [7, 11) is 0. The molecule has 110 valence electrons. The Morgan fingerprint density at radius 3 is 2.42 bits per heavy atom. The molecule has 2 unspecified atom stereocenters. The van der Waals surface area contributed by atoms with Crippen molar-refractivity contribution in [3.63, 3.8) is 0 Å². The zero-order valence-electron chi connectivity index (χ0n) is 11.8. The number of hydrogen-bond acceptors (Lipinski definition) is 3. The van der Waals surface area contributed by atoms with Gasteiger partial charge in [0.05, 0.1) is 0 Å². The molecule has 2 fully saturated rings. The van der Waals surface area contributed by atoms with E-state index in [1.807, 2.05) is 20.8 Å². The van der Waals surface area contributed by atoms with E-state index in [-0.39, 0.29) is 42.1 Å². The molecule has 0 aromatic rings. The second kappa shape index (κ2) is 6.57. The van der Waals surface area contributed by atoms with Crippen LogP contribution in [0.1, 0.15) is 20.8 Å². The maximum Gasteiger partial charge on any atom is 0.243 e. The number of nitrogens with one attached hydrogen (secondary N) is 2. The highest BCUT2D eigenvalue weighted by Crippen LogP contribution is 2.22. The molecule has 2 aliphatic heterocycles. The number of halogens is 1. The third kappa shape index (κ3) is 3.20. The van der Waals surface area contributed by atoms with Crippen LogP contribution in [-0.2, 0) is 9.59 Å². The van der Waals surface area contributed by atoms with Gasteiger partial charge in [-0.25, -0.2) is 0 Å². The Bertz CT molecular complexity index is 345. The Labute approximate surface area is 120 Å². The van der Waals surface area contributed by atoms with E-state index >= 15 is 0 Å². The Morgan fingerprint density at radius 1 is 1.32 bits per heavy atom. The van der Waals surface area contributed by atoms with Gasteiger partial charge in [-0.1, -0.05) is 20.8 Å². The fourth-order valence-electron chi connectivity index (χ4n) is 2.72. The van der Waals surface area contributed by atoms with Gasteiger partial charge in [-0.15, -0.1) is 12.4 Å². The smallest absolute Gasteiger partial charge is 0.243 e. The molecule has 0 aromatic carbocycles. The summed E-state index contributed by atoms with van der Waals surface area (Å²) >= 11 is 0. The lowest BCUT2D eigenvalue weighted by atomic mass is 9.86. The summed E-state index contributed by atoms with van der Waals surface area (Å²) in [6.07, 6.45) is 0. The summed E-state index contributed by atoms with van der Waals surface area (Å²) in [6.45, 7) is 9.01. The number of piperazine rings is 1. The first-order chi connectivity index (χ1) is 8.52. The molecule has 2 saturated heterocycles. The highest BCUT2D eigenvalue weighted by atomic mass is 35.5. The van der Waals surface area contributed by atoms with Crippen LogP contribution in [0.5, 0.6) is 0 Å². The van der Waals surface area contributed by atoms with Crippen molar-refractivity contribution in [3.05, 3.63) is 0 Å². The van der Waals surface area contributed by atoms with Crippen LogP contribution in [0.25, 0.3) is 0 Å². The monoisotopic (exact) mass is 289 g/mol. The summed E-state index contributed by atoms with van der Waals surface area (Å²) in [4.78, 5) is 26.2.